The quantitative estimate of drug-likeness (QED) is 0.316. The molecule has 1 aliphatic rings. The first-order chi connectivity index (χ1) is 15.5. The second-order valence-electron chi connectivity index (χ2n) is 7.68. The number of guanidine groups is 1. The fourth-order valence-electron chi connectivity index (χ4n) is 3.71. The van der Waals surface area contributed by atoms with Gasteiger partial charge in [0.1, 0.15) is 6.54 Å². The molecule has 0 unspecified atom stereocenters. The zero-order valence-corrected chi connectivity index (χ0v) is 22.2. The summed E-state index contributed by atoms with van der Waals surface area (Å²) in [5.41, 5.74) is 2.51. The number of aliphatic imine (C=N–C) groups is 1. The normalized spacial score (nSPS) is 14.2. The van der Waals surface area contributed by atoms with Gasteiger partial charge in [0.2, 0.25) is 5.91 Å². The van der Waals surface area contributed by atoms with E-state index in [2.05, 4.69) is 10.4 Å². The Labute approximate surface area is 212 Å². The smallest absolute Gasteiger partial charge is 0.253 e. The third-order valence-corrected chi connectivity index (χ3v) is 5.52. The van der Waals surface area contributed by atoms with E-state index in [0.29, 0.717) is 44.8 Å². The minimum Gasteiger partial charge on any atom is -0.356 e. The highest BCUT2D eigenvalue weighted by Crippen LogP contribution is 2.16. The van der Waals surface area contributed by atoms with E-state index in [1.165, 1.54) is 0 Å². The van der Waals surface area contributed by atoms with Gasteiger partial charge in [-0.1, -0.05) is 12.1 Å². The lowest BCUT2D eigenvalue weighted by Crippen LogP contribution is -2.55. The summed E-state index contributed by atoms with van der Waals surface area (Å²) in [7, 11) is 1.84. The largest absolute Gasteiger partial charge is 0.356 e. The number of nitrogens with zero attached hydrogens (tertiary/aromatic N) is 6. The van der Waals surface area contributed by atoms with E-state index < -0.39 is 0 Å². The van der Waals surface area contributed by atoms with Gasteiger partial charge in [0.25, 0.3) is 5.91 Å². The van der Waals surface area contributed by atoms with E-state index in [0.717, 1.165) is 17.2 Å². The minimum atomic E-state index is 0. The number of hydrogen-bond donors (Lipinski definition) is 1. The van der Waals surface area contributed by atoms with Gasteiger partial charge in [0.05, 0.1) is 18.4 Å². The third kappa shape index (κ3) is 6.68. The van der Waals surface area contributed by atoms with Crippen molar-refractivity contribution in [3.8, 4) is 0 Å². The Morgan fingerprint density at radius 3 is 2.39 bits per heavy atom. The van der Waals surface area contributed by atoms with Crippen molar-refractivity contribution < 1.29 is 9.59 Å². The van der Waals surface area contributed by atoms with Crippen molar-refractivity contribution in [2.75, 3.05) is 44.2 Å². The molecule has 2 amide bonds. The molecule has 9 nitrogen and oxygen atoms in total. The number of nitrogens with one attached hydrogen (secondary N) is 1. The highest BCUT2D eigenvalue weighted by Gasteiger charge is 2.27. The number of piperazine rings is 1. The van der Waals surface area contributed by atoms with Gasteiger partial charge >= 0.3 is 0 Å². The van der Waals surface area contributed by atoms with E-state index >= 15 is 0 Å². The van der Waals surface area contributed by atoms with Crippen LogP contribution in [-0.2, 0) is 18.4 Å². The topological polar surface area (TPSA) is 86.1 Å². The Morgan fingerprint density at radius 2 is 1.85 bits per heavy atom. The second-order valence-corrected chi connectivity index (χ2v) is 7.68. The first kappa shape index (κ1) is 26.6. The average Bonchev–Trinajstić information content (AvgIpc) is 3.23. The average molecular weight is 567 g/mol. The van der Waals surface area contributed by atoms with E-state index in [4.69, 9.17) is 4.99 Å². The van der Waals surface area contributed by atoms with Gasteiger partial charge in [-0.05, 0) is 38.5 Å². The van der Waals surface area contributed by atoms with Crippen molar-refractivity contribution in [1.29, 1.82) is 0 Å². The molecule has 1 aliphatic heterocycles. The van der Waals surface area contributed by atoms with Crippen molar-refractivity contribution in [3.05, 3.63) is 47.8 Å². The fourth-order valence-corrected chi connectivity index (χ4v) is 3.71. The number of carbonyl (C=O) groups is 2. The summed E-state index contributed by atoms with van der Waals surface area (Å²) in [5, 5.41) is 7.45. The number of amides is 2. The van der Waals surface area contributed by atoms with Gasteiger partial charge in [-0.15, -0.1) is 24.0 Å². The lowest BCUT2D eigenvalue weighted by atomic mass is 10.1. The maximum Gasteiger partial charge on any atom is 0.253 e. The van der Waals surface area contributed by atoms with Gasteiger partial charge in [-0.3, -0.25) is 14.3 Å². The molecule has 0 atom stereocenters. The predicted molar refractivity (Wildman–Crippen MR) is 141 cm³/mol. The van der Waals surface area contributed by atoms with Crippen LogP contribution in [0.2, 0.25) is 0 Å². The number of anilines is 1. The van der Waals surface area contributed by atoms with Crippen LogP contribution in [0.4, 0.5) is 5.69 Å². The Hall–Kier alpha value is -2.63. The van der Waals surface area contributed by atoms with Gasteiger partial charge in [0.15, 0.2) is 5.96 Å². The van der Waals surface area contributed by atoms with Crippen LogP contribution >= 0.6 is 24.0 Å². The summed E-state index contributed by atoms with van der Waals surface area (Å²) in [6, 6.07) is 7.59. The Bertz CT molecular complexity index is 954. The molecule has 2 aromatic rings. The first-order valence-corrected chi connectivity index (χ1v) is 11.2. The predicted octanol–water partition coefficient (Wildman–Crippen LogP) is 2.33. The third-order valence-electron chi connectivity index (χ3n) is 5.52. The monoisotopic (exact) mass is 567 g/mol. The first-order valence-electron chi connectivity index (χ1n) is 11.2. The lowest BCUT2D eigenvalue weighted by molar-refractivity contribution is -0.120. The molecule has 1 saturated heterocycles. The fraction of sp³-hybridized carbons (Fsp3) is 0.478. The number of aryl methyl sites for hydroxylation is 1. The van der Waals surface area contributed by atoms with Crippen LogP contribution < -0.4 is 10.2 Å². The van der Waals surface area contributed by atoms with Gasteiger partial charge in [0, 0.05) is 51.5 Å². The number of benzene rings is 1. The lowest BCUT2D eigenvalue weighted by Gasteiger charge is -2.35. The number of aromatic nitrogens is 2. The van der Waals surface area contributed by atoms with Gasteiger partial charge in [-0.25, -0.2) is 4.99 Å². The molecule has 0 radical (unpaired) electrons. The van der Waals surface area contributed by atoms with Gasteiger partial charge in [-0.2, -0.15) is 5.10 Å². The van der Waals surface area contributed by atoms with Crippen LogP contribution in [0.5, 0.6) is 0 Å². The summed E-state index contributed by atoms with van der Waals surface area (Å²) >= 11 is 0. The Morgan fingerprint density at radius 1 is 1.15 bits per heavy atom. The van der Waals surface area contributed by atoms with Crippen LogP contribution in [-0.4, -0.2) is 76.6 Å². The molecule has 0 spiro atoms. The molecule has 1 fully saturated rings. The number of halogens is 1. The highest BCUT2D eigenvalue weighted by atomic mass is 127. The van der Waals surface area contributed by atoms with Crippen molar-refractivity contribution in [2.45, 2.75) is 27.3 Å². The molecule has 3 rings (SSSR count). The maximum absolute atomic E-state index is 12.7. The molecule has 33 heavy (non-hydrogen) atoms. The Balaban J connectivity index is 0.00000385. The number of carbonyl (C=O) groups excluding carboxylic acids is 2. The van der Waals surface area contributed by atoms with Crippen molar-refractivity contribution in [3.63, 3.8) is 0 Å². The van der Waals surface area contributed by atoms with Gasteiger partial charge < -0.3 is 20.0 Å². The minimum absolute atomic E-state index is 0. The Kier molecular flexibility index (Phi) is 10.1. The van der Waals surface area contributed by atoms with Crippen LogP contribution in [0.15, 0.2) is 41.7 Å². The summed E-state index contributed by atoms with van der Waals surface area (Å²) in [4.78, 5) is 35.5. The zero-order chi connectivity index (χ0) is 23.1. The number of rotatable bonds is 7. The molecule has 1 aromatic heterocycles. The van der Waals surface area contributed by atoms with Crippen molar-refractivity contribution in [2.24, 2.45) is 12.0 Å². The summed E-state index contributed by atoms with van der Waals surface area (Å²) in [6.45, 7) is 10.1. The maximum atomic E-state index is 12.7. The van der Waals surface area contributed by atoms with E-state index in [1.54, 1.807) is 20.7 Å². The molecule has 0 aliphatic carbocycles. The summed E-state index contributed by atoms with van der Waals surface area (Å²) in [5.74, 6) is 0.785. The van der Waals surface area contributed by atoms with E-state index in [9.17, 15) is 9.59 Å². The van der Waals surface area contributed by atoms with Crippen molar-refractivity contribution >= 4 is 47.4 Å². The molecule has 10 heteroatoms. The van der Waals surface area contributed by atoms with Crippen molar-refractivity contribution in [1.82, 2.24) is 24.9 Å². The van der Waals surface area contributed by atoms with E-state index in [1.807, 2.05) is 63.2 Å². The standard InChI is InChI=1S/C23H33N7O2.HI/c1-5-24-23(29-12-13-30(21(31)17-29)20-15-26-27(4)16-20)25-14-18-8-10-19(11-9-18)22(32)28(6-2)7-3;/h8-11,15-16H,5-7,12-14,17H2,1-4H3,(H,24,25);1H. The van der Waals surface area contributed by atoms with Crippen LogP contribution in [0.25, 0.3) is 0 Å². The molecular formula is C23H34IN7O2. The molecule has 180 valence electrons. The second kappa shape index (κ2) is 12.6. The van der Waals surface area contributed by atoms with Crippen LogP contribution in [0.1, 0.15) is 36.7 Å². The highest BCUT2D eigenvalue weighted by molar-refractivity contribution is 14.0. The molecule has 0 bridgehead atoms. The SMILES string of the molecule is CCNC(=NCc1ccc(C(=O)N(CC)CC)cc1)N1CCN(c2cnn(C)c2)C(=O)C1.I. The molecule has 1 aromatic carbocycles. The molecule has 2 heterocycles. The summed E-state index contributed by atoms with van der Waals surface area (Å²) < 4.78 is 1.70. The van der Waals surface area contributed by atoms with Crippen LogP contribution in [0.3, 0.4) is 0 Å². The number of hydrogen-bond acceptors (Lipinski definition) is 4. The summed E-state index contributed by atoms with van der Waals surface area (Å²) in [6.07, 6.45) is 3.56. The van der Waals surface area contributed by atoms with Crippen LogP contribution in [0, 0.1) is 0 Å². The zero-order valence-electron chi connectivity index (χ0n) is 19.8. The molecular weight excluding hydrogens is 533 g/mol. The molecule has 1 N–H and O–H groups in total. The van der Waals surface area contributed by atoms with E-state index in [-0.39, 0.29) is 42.3 Å². The molecule has 0 saturated carbocycles.